The van der Waals surface area contributed by atoms with Gasteiger partial charge in [0.25, 0.3) is 20.2 Å². The number of rotatable bonds is 10. The Labute approximate surface area is 124 Å². The lowest BCUT2D eigenvalue weighted by molar-refractivity contribution is -0.696. The van der Waals surface area contributed by atoms with Crippen LogP contribution in [-0.4, -0.2) is 42.0 Å². The first-order chi connectivity index (χ1) is 9.66. The van der Waals surface area contributed by atoms with E-state index in [-0.39, 0.29) is 11.5 Å². The first-order valence-corrected chi connectivity index (χ1v) is 9.83. The van der Waals surface area contributed by atoms with E-state index in [1.807, 2.05) is 27.9 Å². The van der Waals surface area contributed by atoms with Gasteiger partial charge in [0.15, 0.2) is 0 Å². The van der Waals surface area contributed by atoms with E-state index in [9.17, 15) is 16.8 Å². The van der Waals surface area contributed by atoms with Crippen LogP contribution in [0.4, 0.5) is 0 Å². The molecular formula is C11H21N2O6S2+. The molecule has 0 fully saturated rings. The second-order valence-electron chi connectivity index (χ2n) is 4.88. The maximum Gasteiger partial charge on any atom is 0.264 e. The van der Waals surface area contributed by atoms with E-state index < -0.39 is 20.2 Å². The van der Waals surface area contributed by atoms with Gasteiger partial charge >= 0.3 is 0 Å². The fraction of sp³-hybridized carbons (Fsp3) is 0.727. The van der Waals surface area contributed by atoms with Crippen molar-refractivity contribution in [3.05, 3.63) is 18.7 Å². The van der Waals surface area contributed by atoms with Crippen molar-refractivity contribution in [1.82, 2.24) is 4.57 Å². The van der Waals surface area contributed by atoms with Gasteiger partial charge in [-0.25, -0.2) is 9.13 Å². The van der Waals surface area contributed by atoms with Crippen LogP contribution in [0.5, 0.6) is 0 Å². The smallest absolute Gasteiger partial charge is 0.264 e. The second-order valence-corrected chi connectivity index (χ2v) is 8.02. The minimum atomic E-state index is -3.88. The van der Waals surface area contributed by atoms with Gasteiger partial charge in [-0.2, -0.15) is 16.8 Å². The van der Waals surface area contributed by atoms with Gasteiger partial charge in [0.1, 0.15) is 12.4 Å². The normalized spacial score (nSPS) is 12.7. The Morgan fingerprint density at radius 3 is 2.05 bits per heavy atom. The zero-order valence-corrected chi connectivity index (χ0v) is 13.3. The van der Waals surface area contributed by atoms with Gasteiger partial charge in [0, 0.05) is 0 Å². The molecule has 1 rings (SSSR count). The first kappa shape index (κ1) is 18.1. The Balaban J connectivity index is 2.24. The Morgan fingerprint density at radius 2 is 1.48 bits per heavy atom. The number of nitrogens with zero attached hydrogens (tertiary/aromatic N) is 2. The third-order valence-electron chi connectivity index (χ3n) is 2.88. The minimum Gasteiger partial charge on any atom is -0.286 e. The van der Waals surface area contributed by atoms with E-state index in [1.54, 1.807) is 0 Å². The van der Waals surface area contributed by atoms with Crippen molar-refractivity contribution >= 4 is 20.2 Å². The second kappa shape index (κ2) is 7.87. The van der Waals surface area contributed by atoms with Crippen LogP contribution in [0.25, 0.3) is 0 Å². The average Bonchev–Trinajstić information content (AvgIpc) is 2.76. The van der Waals surface area contributed by atoms with E-state index >= 15 is 0 Å². The number of hydrogen-bond acceptors (Lipinski definition) is 4. The van der Waals surface area contributed by atoms with E-state index in [1.165, 1.54) is 0 Å². The molecule has 8 nitrogen and oxygen atoms in total. The maximum atomic E-state index is 10.5. The summed E-state index contributed by atoms with van der Waals surface area (Å²) in [5.74, 6) is -0.464. The highest BCUT2D eigenvalue weighted by Gasteiger charge is 2.08. The zero-order chi connectivity index (χ0) is 15.9. The summed E-state index contributed by atoms with van der Waals surface area (Å²) < 4.78 is 63.2. The van der Waals surface area contributed by atoms with Crippen molar-refractivity contribution in [2.24, 2.45) is 0 Å². The molecule has 0 aliphatic heterocycles. The van der Waals surface area contributed by atoms with Crippen LogP contribution in [0.1, 0.15) is 25.7 Å². The predicted molar refractivity (Wildman–Crippen MR) is 75.9 cm³/mol. The molecule has 0 aliphatic rings. The lowest BCUT2D eigenvalue weighted by Gasteiger charge is -1.98. The average molecular weight is 341 g/mol. The fourth-order valence-corrected chi connectivity index (χ4v) is 3.00. The molecule has 0 amide bonds. The molecule has 0 aromatic carbocycles. The van der Waals surface area contributed by atoms with Crippen molar-refractivity contribution in [1.29, 1.82) is 0 Å². The standard InChI is InChI=1S/C11H20N2O6S2/c14-20(15,16)9-3-1-5-12-7-8-13(11-12)6-2-4-10-21(17,18)19/h7-8,11H,1-6,9-10H2,(H-,14,15,16,17,18,19)/p+1. The van der Waals surface area contributed by atoms with E-state index in [4.69, 9.17) is 9.11 Å². The summed E-state index contributed by atoms with van der Waals surface area (Å²) in [6.45, 7) is 1.29. The topological polar surface area (TPSA) is 118 Å². The third-order valence-corrected chi connectivity index (χ3v) is 4.49. The highest BCUT2D eigenvalue weighted by Crippen LogP contribution is 1.98. The van der Waals surface area contributed by atoms with Crippen molar-refractivity contribution in [3.8, 4) is 0 Å². The summed E-state index contributed by atoms with van der Waals surface area (Å²) in [5, 5.41) is 0. The molecule has 1 aromatic rings. The lowest BCUT2D eigenvalue weighted by atomic mass is 10.3. The third kappa shape index (κ3) is 9.56. The molecule has 2 N–H and O–H groups in total. The molecule has 0 unspecified atom stereocenters. The molecule has 0 saturated heterocycles. The van der Waals surface area contributed by atoms with Crippen molar-refractivity contribution in [2.75, 3.05) is 11.5 Å². The van der Waals surface area contributed by atoms with Crippen molar-refractivity contribution < 1.29 is 30.5 Å². The molecule has 0 radical (unpaired) electrons. The fourth-order valence-electron chi connectivity index (χ4n) is 1.86. The number of hydrogen-bond donors (Lipinski definition) is 2. The van der Waals surface area contributed by atoms with Gasteiger partial charge in [-0.3, -0.25) is 9.11 Å². The summed E-state index contributed by atoms with van der Waals surface area (Å²) in [4.78, 5) is 0. The minimum absolute atomic E-state index is 0.232. The number of imidazole rings is 1. The Hall–Kier alpha value is -0.970. The molecule has 0 bridgehead atoms. The molecule has 122 valence electrons. The molecule has 0 spiro atoms. The van der Waals surface area contributed by atoms with Gasteiger partial charge < -0.3 is 0 Å². The monoisotopic (exact) mass is 341 g/mol. The quantitative estimate of drug-likeness (QED) is 0.354. The first-order valence-electron chi connectivity index (χ1n) is 6.61. The Kier molecular flexibility index (Phi) is 6.78. The zero-order valence-electron chi connectivity index (χ0n) is 11.6. The number of aromatic nitrogens is 2. The van der Waals surface area contributed by atoms with Crippen LogP contribution in [0.2, 0.25) is 0 Å². The summed E-state index contributed by atoms with van der Waals surface area (Å²) in [7, 11) is -7.77. The van der Waals surface area contributed by atoms with E-state index in [0.717, 1.165) is 0 Å². The molecule has 21 heavy (non-hydrogen) atoms. The van der Waals surface area contributed by atoms with Gasteiger partial charge in [0.2, 0.25) is 6.33 Å². The lowest BCUT2D eigenvalue weighted by Crippen LogP contribution is -2.31. The molecular weight excluding hydrogens is 320 g/mol. The van der Waals surface area contributed by atoms with Crippen LogP contribution < -0.4 is 4.57 Å². The van der Waals surface area contributed by atoms with Crippen LogP contribution in [0.15, 0.2) is 18.7 Å². The van der Waals surface area contributed by atoms with Gasteiger partial charge in [0.05, 0.1) is 24.6 Å². The largest absolute Gasteiger partial charge is 0.286 e. The van der Waals surface area contributed by atoms with E-state index in [2.05, 4.69) is 0 Å². The van der Waals surface area contributed by atoms with Crippen LogP contribution in [-0.2, 0) is 33.3 Å². The Morgan fingerprint density at radius 1 is 0.905 bits per heavy atom. The van der Waals surface area contributed by atoms with Gasteiger partial charge in [-0.05, 0) is 25.7 Å². The maximum absolute atomic E-state index is 10.5. The molecule has 0 saturated carbocycles. The SMILES string of the molecule is O=S(=O)(O)CCCCn1cc[n+](CCCCS(=O)(=O)O)c1. The van der Waals surface area contributed by atoms with Crippen molar-refractivity contribution in [2.45, 2.75) is 38.8 Å². The van der Waals surface area contributed by atoms with Gasteiger partial charge in [-0.1, -0.05) is 0 Å². The van der Waals surface area contributed by atoms with Crippen molar-refractivity contribution in [3.63, 3.8) is 0 Å². The number of unbranched alkanes of at least 4 members (excludes halogenated alkanes) is 2. The summed E-state index contributed by atoms with van der Waals surface area (Å²) in [5.41, 5.74) is 0. The van der Waals surface area contributed by atoms with E-state index in [0.29, 0.717) is 38.8 Å². The van der Waals surface area contributed by atoms with Crippen LogP contribution in [0.3, 0.4) is 0 Å². The molecule has 0 aliphatic carbocycles. The van der Waals surface area contributed by atoms with Gasteiger partial charge in [-0.15, -0.1) is 0 Å². The highest BCUT2D eigenvalue weighted by atomic mass is 32.2. The highest BCUT2D eigenvalue weighted by molar-refractivity contribution is 7.86. The summed E-state index contributed by atoms with van der Waals surface area (Å²) in [6, 6.07) is 0. The molecule has 1 heterocycles. The summed E-state index contributed by atoms with van der Waals surface area (Å²) >= 11 is 0. The molecule has 1 aromatic heterocycles. The van der Waals surface area contributed by atoms with Crippen LogP contribution >= 0.6 is 0 Å². The Bertz CT molecular complexity index is 581. The number of aryl methyl sites for hydroxylation is 2. The van der Waals surface area contributed by atoms with Crippen LogP contribution in [0, 0.1) is 0 Å². The predicted octanol–water partition coefficient (Wildman–Crippen LogP) is 0.112. The summed E-state index contributed by atoms with van der Waals surface area (Å²) in [6.07, 6.45) is 7.60. The molecule has 10 heteroatoms. The molecule has 0 atom stereocenters.